The Morgan fingerprint density at radius 2 is 1.60 bits per heavy atom. The van der Waals surface area contributed by atoms with E-state index in [1.807, 2.05) is 74.1 Å². The molecular formula is C20H24N4O. The van der Waals surface area contributed by atoms with Gasteiger partial charge in [-0.05, 0) is 33.2 Å². The van der Waals surface area contributed by atoms with Gasteiger partial charge in [0, 0.05) is 18.7 Å². The minimum absolute atomic E-state index is 0.0222. The molecule has 0 spiro atoms. The van der Waals surface area contributed by atoms with Crippen molar-refractivity contribution in [1.29, 1.82) is 5.41 Å². The number of carbonyl (C=O) groups is 1. The monoisotopic (exact) mass is 336 g/mol. The third-order valence-electron chi connectivity index (χ3n) is 4.42. The molecule has 0 fully saturated rings. The molecule has 1 N–H and O–H groups in total. The number of likely N-dealkylation sites (N-methyl/N-ethyl adjacent to an activating group) is 1. The van der Waals surface area contributed by atoms with Crippen LogP contribution in [0, 0.1) is 12.3 Å². The van der Waals surface area contributed by atoms with Gasteiger partial charge < -0.3 is 14.0 Å². The van der Waals surface area contributed by atoms with Gasteiger partial charge in [0.05, 0.1) is 17.6 Å². The molecule has 25 heavy (non-hydrogen) atoms. The largest absolute Gasteiger partial charge is 0.309 e. The molecule has 0 saturated heterocycles. The Bertz CT molecular complexity index is 948. The average molecular weight is 336 g/mol. The Hall–Kier alpha value is -2.66. The average Bonchev–Trinajstić information content (AvgIpc) is 2.85. The number of nitrogens with zero attached hydrogens (tertiary/aromatic N) is 3. The number of aryl methyl sites for hydroxylation is 1. The number of ketones is 1. The molecule has 0 aliphatic heterocycles. The van der Waals surface area contributed by atoms with E-state index in [1.165, 1.54) is 0 Å². The van der Waals surface area contributed by atoms with Crippen LogP contribution in [0.4, 0.5) is 0 Å². The van der Waals surface area contributed by atoms with Gasteiger partial charge >= 0.3 is 0 Å². The molecule has 0 aliphatic rings. The normalized spacial score (nSPS) is 11.4. The van der Waals surface area contributed by atoms with Crippen molar-refractivity contribution in [2.24, 2.45) is 0 Å². The summed E-state index contributed by atoms with van der Waals surface area (Å²) in [7, 11) is 4.04. The predicted molar refractivity (Wildman–Crippen MR) is 99.8 cm³/mol. The number of imidazole rings is 1. The topological polar surface area (TPSA) is 54.0 Å². The van der Waals surface area contributed by atoms with Gasteiger partial charge in [-0.25, -0.2) is 0 Å². The Morgan fingerprint density at radius 3 is 2.20 bits per heavy atom. The van der Waals surface area contributed by atoms with Crippen LogP contribution in [0.1, 0.15) is 15.9 Å². The highest BCUT2D eigenvalue weighted by Crippen LogP contribution is 2.14. The SMILES string of the molecule is Cc1ccc(C(=O)Cn2c(=N)n(CCN(C)C)c3ccccc32)cc1. The zero-order chi connectivity index (χ0) is 18.0. The van der Waals surface area contributed by atoms with Crippen LogP contribution < -0.4 is 5.62 Å². The number of hydrogen-bond acceptors (Lipinski definition) is 3. The Kier molecular flexibility index (Phi) is 4.86. The fourth-order valence-electron chi connectivity index (χ4n) is 2.96. The van der Waals surface area contributed by atoms with Crippen molar-refractivity contribution in [3.05, 3.63) is 65.3 Å². The first kappa shape index (κ1) is 17.2. The maximum Gasteiger partial charge on any atom is 0.203 e. The summed E-state index contributed by atoms with van der Waals surface area (Å²) in [5.74, 6) is 0.0222. The van der Waals surface area contributed by atoms with Crippen LogP contribution in [0.5, 0.6) is 0 Å². The van der Waals surface area contributed by atoms with E-state index >= 15 is 0 Å². The number of carbonyl (C=O) groups excluding carboxylic acids is 1. The van der Waals surface area contributed by atoms with Crippen molar-refractivity contribution in [2.45, 2.75) is 20.0 Å². The van der Waals surface area contributed by atoms with E-state index in [2.05, 4.69) is 4.90 Å². The van der Waals surface area contributed by atoms with Gasteiger partial charge in [-0.15, -0.1) is 0 Å². The van der Waals surface area contributed by atoms with Crippen molar-refractivity contribution in [3.8, 4) is 0 Å². The number of nitrogens with one attached hydrogen (secondary N) is 1. The zero-order valence-corrected chi connectivity index (χ0v) is 15.0. The number of fused-ring (bicyclic) bond motifs is 1. The first-order chi connectivity index (χ1) is 12.0. The second-order valence-corrected chi connectivity index (χ2v) is 6.64. The maximum atomic E-state index is 12.7. The maximum absolute atomic E-state index is 12.7. The van der Waals surface area contributed by atoms with Crippen LogP contribution in [0.25, 0.3) is 11.0 Å². The van der Waals surface area contributed by atoms with E-state index in [9.17, 15) is 4.79 Å². The summed E-state index contributed by atoms with van der Waals surface area (Å²) in [5, 5.41) is 8.56. The smallest absolute Gasteiger partial charge is 0.203 e. The number of benzene rings is 2. The van der Waals surface area contributed by atoms with Crippen molar-refractivity contribution in [1.82, 2.24) is 14.0 Å². The quantitative estimate of drug-likeness (QED) is 0.704. The zero-order valence-electron chi connectivity index (χ0n) is 15.0. The predicted octanol–water partition coefficient (Wildman–Crippen LogP) is 2.68. The van der Waals surface area contributed by atoms with Gasteiger partial charge in [0.2, 0.25) is 5.62 Å². The van der Waals surface area contributed by atoms with E-state index in [1.54, 1.807) is 4.57 Å². The molecule has 0 unspecified atom stereocenters. The Labute approximate surface area is 147 Å². The lowest BCUT2D eigenvalue weighted by molar-refractivity contribution is 0.0971. The van der Waals surface area contributed by atoms with Crippen LogP contribution in [0.2, 0.25) is 0 Å². The van der Waals surface area contributed by atoms with E-state index in [4.69, 9.17) is 5.41 Å². The van der Waals surface area contributed by atoms with E-state index < -0.39 is 0 Å². The third kappa shape index (κ3) is 3.56. The van der Waals surface area contributed by atoms with Crippen molar-refractivity contribution in [2.75, 3.05) is 20.6 Å². The van der Waals surface area contributed by atoms with Gasteiger partial charge in [0.1, 0.15) is 0 Å². The van der Waals surface area contributed by atoms with Crippen LogP contribution in [0.15, 0.2) is 48.5 Å². The lowest BCUT2D eigenvalue weighted by atomic mass is 10.1. The van der Waals surface area contributed by atoms with Crippen molar-refractivity contribution < 1.29 is 4.79 Å². The molecule has 0 bridgehead atoms. The number of aromatic nitrogens is 2. The highest BCUT2D eigenvalue weighted by atomic mass is 16.1. The molecule has 3 rings (SSSR count). The highest BCUT2D eigenvalue weighted by Gasteiger charge is 2.14. The summed E-state index contributed by atoms with van der Waals surface area (Å²) >= 11 is 0. The molecule has 0 radical (unpaired) electrons. The van der Waals surface area contributed by atoms with E-state index in [0.29, 0.717) is 11.2 Å². The van der Waals surface area contributed by atoms with Gasteiger partial charge in [0.15, 0.2) is 5.78 Å². The molecule has 3 aromatic rings. The van der Waals surface area contributed by atoms with Crippen molar-refractivity contribution >= 4 is 16.8 Å². The number of para-hydroxylation sites is 2. The van der Waals surface area contributed by atoms with Crippen LogP contribution in [-0.4, -0.2) is 40.5 Å². The lowest BCUT2D eigenvalue weighted by Gasteiger charge is -2.10. The minimum atomic E-state index is 0.0222. The number of rotatable bonds is 6. The van der Waals surface area contributed by atoms with Crippen LogP contribution in [-0.2, 0) is 13.1 Å². The fourth-order valence-corrected chi connectivity index (χ4v) is 2.96. The summed E-state index contributed by atoms with van der Waals surface area (Å²) in [6, 6.07) is 15.5. The van der Waals surface area contributed by atoms with Crippen LogP contribution >= 0.6 is 0 Å². The Balaban J connectivity index is 1.98. The van der Waals surface area contributed by atoms with E-state index in [-0.39, 0.29) is 12.3 Å². The second-order valence-electron chi connectivity index (χ2n) is 6.64. The first-order valence-electron chi connectivity index (χ1n) is 8.44. The molecule has 5 heteroatoms. The summed E-state index contributed by atoms with van der Waals surface area (Å²) in [6.07, 6.45) is 0. The van der Waals surface area contributed by atoms with Gasteiger partial charge in [-0.1, -0.05) is 42.0 Å². The molecule has 0 amide bonds. The Morgan fingerprint density at radius 1 is 1.00 bits per heavy atom. The lowest BCUT2D eigenvalue weighted by Crippen LogP contribution is -2.30. The second kappa shape index (κ2) is 7.07. The minimum Gasteiger partial charge on any atom is -0.309 e. The molecule has 1 heterocycles. The summed E-state index contributed by atoms with van der Waals surface area (Å²) < 4.78 is 3.77. The van der Waals surface area contributed by atoms with Crippen molar-refractivity contribution in [3.63, 3.8) is 0 Å². The molecular weight excluding hydrogens is 312 g/mol. The van der Waals surface area contributed by atoms with Gasteiger partial charge in [-0.3, -0.25) is 10.2 Å². The van der Waals surface area contributed by atoms with Crippen LogP contribution in [0.3, 0.4) is 0 Å². The number of Topliss-reactive ketones (excluding diaryl/α,β-unsaturated/α-hetero) is 1. The molecule has 2 aromatic carbocycles. The van der Waals surface area contributed by atoms with Gasteiger partial charge in [-0.2, -0.15) is 0 Å². The summed E-state index contributed by atoms with van der Waals surface area (Å²) in [5.41, 5.74) is 4.09. The molecule has 0 saturated carbocycles. The fraction of sp³-hybridized carbons (Fsp3) is 0.300. The first-order valence-corrected chi connectivity index (χ1v) is 8.44. The standard InChI is InChI=1S/C20H24N4O/c1-15-8-10-16(11-9-15)19(25)14-24-18-7-5-4-6-17(18)23(20(24)21)13-12-22(2)3/h4-11,21H,12-14H2,1-3H3. The van der Waals surface area contributed by atoms with E-state index in [0.717, 1.165) is 29.7 Å². The summed E-state index contributed by atoms with van der Waals surface area (Å²) in [6.45, 7) is 3.75. The molecule has 0 atom stereocenters. The highest BCUT2D eigenvalue weighted by molar-refractivity contribution is 5.96. The number of hydrogen-bond donors (Lipinski definition) is 1. The molecule has 1 aromatic heterocycles. The molecule has 130 valence electrons. The van der Waals surface area contributed by atoms with Gasteiger partial charge in [0.25, 0.3) is 0 Å². The molecule has 5 nitrogen and oxygen atoms in total. The third-order valence-corrected chi connectivity index (χ3v) is 4.42. The summed E-state index contributed by atoms with van der Waals surface area (Å²) in [4.78, 5) is 14.8. The molecule has 0 aliphatic carbocycles.